The van der Waals surface area contributed by atoms with Crippen LogP contribution in [0.4, 0.5) is 0 Å². The monoisotopic (exact) mass is 468 g/mol. The smallest absolute Gasteiger partial charge is 0.257 e. The van der Waals surface area contributed by atoms with Gasteiger partial charge in [0.1, 0.15) is 10.3 Å². The van der Waals surface area contributed by atoms with E-state index >= 15 is 0 Å². The van der Waals surface area contributed by atoms with E-state index in [-0.39, 0.29) is 33.4 Å². The molecule has 1 aromatic carbocycles. The standard InChI is InChI=1S/C22H30Cl2N2O3Si/c1-22(2,3)30(4,5)29-14-13-26(15-18(27)16-9-7-6-8-10-16)21(28)17-11-12-19(23)25-20(17)24/h6-12,18,27H,13-15H2,1-5H3. The Kier molecular flexibility index (Phi) is 8.48. The highest BCUT2D eigenvalue weighted by Crippen LogP contribution is 2.36. The van der Waals surface area contributed by atoms with Gasteiger partial charge >= 0.3 is 0 Å². The zero-order valence-electron chi connectivity index (χ0n) is 18.2. The fourth-order valence-corrected chi connectivity index (χ4v) is 4.09. The second-order valence-electron chi connectivity index (χ2n) is 8.76. The van der Waals surface area contributed by atoms with Crippen LogP contribution in [0.5, 0.6) is 0 Å². The van der Waals surface area contributed by atoms with Gasteiger partial charge in [-0.2, -0.15) is 0 Å². The lowest BCUT2D eigenvalue weighted by atomic mass is 10.1. The van der Waals surface area contributed by atoms with Gasteiger partial charge < -0.3 is 14.4 Å². The van der Waals surface area contributed by atoms with Gasteiger partial charge in [0.15, 0.2) is 8.32 Å². The third-order valence-corrected chi connectivity index (χ3v) is 10.6. The summed E-state index contributed by atoms with van der Waals surface area (Å²) in [5.74, 6) is -0.321. The highest BCUT2D eigenvalue weighted by Gasteiger charge is 2.37. The molecule has 1 aromatic heterocycles. The maximum Gasteiger partial charge on any atom is 0.257 e. The average molecular weight is 469 g/mol. The Morgan fingerprint density at radius 1 is 1.17 bits per heavy atom. The van der Waals surface area contributed by atoms with E-state index in [1.54, 1.807) is 11.0 Å². The van der Waals surface area contributed by atoms with Crippen molar-refractivity contribution in [3.05, 3.63) is 63.9 Å². The summed E-state index contributed by atoms with van der Waals surface area (Å²) in [6, 6.07) is 12.3. The van der Waals surface area contributed by atoms with Crippen molar-refractivity contribution >= 4 is 37.4 Å². The van der Waals surface area contributed by atoms with Gasteiger partial charge in [-0.05, 0) is 35.8 Å². The van der Waals surface area contributed by atoms with Crippen molar-refractivity contribution in [2.24, 2.45) is 0 Å². The Morgan fingerprint density at radius 3 is 2.37 bits per heavy atom. The predicted molar refractivity (Wildman–Crippen MR) is 125 cm³/mol. The molecule has 0 aliphatic heterocycles. The molecule has 0 radical (unpaired) electrons. The molecule has 0 fully saturated rings. The van der Waals surface area contributed by atoms with Gasteiger partial charge in [0.2, 0.25) is 0 Å². The Bertz CT molecular complexity index is 857. The van der Waals surface area contributed by atoms with Crippen LogP contribution >= 0.6 is 23.2 Å². The number of aromatic nitrogens is 1. The van der Waals surface area contributed by atoms with Gasteiger partial charge in [-0.25, -0.2) is 4.98 Å². The Hall–Kier alpha value is -1.44. The van der Waals surface area contributed by atoms with E-state index in [0.29, 0.717) is 13.2 Å². The van der Waals surface area contributed by atoms with E-state index in [1.165, 1.54) is 6.07 Å². The first-order valence-corrected chi connectivity index (χ1v) is 13.6. The Balaban J connectivity index is 2.20. The van der Waals surface area contributed by atoms with Gasteiger partial charge in [-0.1, -0.05) is 74.3 Å². The molecule has 0 bridgehead atoms. The molecule has 5 nitrogen and oxygen atoms in total. The molecule has 8 heteroatoms. The van der Waals surface area contributed by atoms with E-state index in [9.17, 15) is 9.90 Å². The third kappa shape index (κ3) is 6.53. The first-order chi connectivity index (χ1) is 13.9. The van der Waals surface area contributed by atoms with E-state index < -0.39 is 14.4 Å². The number of rotatable bonds is 8. The second kappa shape index (κ2) is 10.2. The van der Waals surface area contributed by atoms with Crippen LogP contribution in [0, 0.1) is 0 Å². The number of pyridine rings is 1. The molecule has 30 heavy (non-hydrogen) atoms. The van der Waals surface area contributed by atoms with E-state index in [0.717, 1.165) is 5.56 Å². The molecule has 1 amide bonds. The highest BCUT2D eigenvalue weighted by molar-refractivity contribution is 6.74. The molecule has 0 saturated carbocycles. The van der Waals surface area contributed by atoms with Crippen molar-refractivity contribution in [1.29, 1.82) is 0 Å². The quantitative estimate of drug-likeness (QED) is 0.405. The number of hydrogen-bond donors (Lipinski definition) is 1. The van der Waals surface area contributed by atoms with Crippen LogP contribution in [0.25, 0.3) is 0 Å². The highest BCUT2D eigenvalue weighted by atomic mass is 35.5. The molecule has 0 spiro atoms. The number of benzene rings is 1. The number of carbonyl (C=O) groups is 1. The molecular weight excluding hydrogens is 439 g/mol. The van der Waals surface area contributed by atoms with Gasteiger partial charge in [0.25, 0.3) is 5.91 Å². The van der Waals surface area contributed by atoms with E-state index in [4.69, 9.17) is 27.6 Å². The Labute approximate surface area is 190 Å². The molecule has 0 aliphatic rings. The summed E-state index contributed by atoms with van der Waals surface area (Å²) in [6.45, 7) is 11.6. The molecular formula is C22H30Cl2N2O3Si. The largest absolute Gasteiger partial charge is 0.415 e. The van der Waals surface area contributed by atoms with Crippen molar-refractivity contribution in [1.82, 2.24) is 9.88 Å². The normalized spacial score (nSPS) is 13.2. The summed E-state index contributed by atoms with van der Waals surface area (Å²) in [5, 5.41) is 11.0. The van der Waals surface area contributed by atoms with Crippen LogP contribution in [0.1, 0.15) is 42.8 Å². The molecule has 1 N–H and O–H groups in total. The molecule has 2 aromatic rings. The van der Waals surface area contributed by atoms with Crippen molar-refractivity contribution in [2.75, 3.05) is 19.7 Å². The summed E-state index contributed by atoms with van der Waals surface area (Å²) < 4.78 is 6.24. The number of hydrogen-bond acceptors (Lipinski definition) is 4. The molecule has 2 rings (SSSR count). The summed E-state index contributed by atoms with van der Waals surface area (Å²) in [6.07, 6.45) is -0.831. The summed E-state index contributed by atoms with van der Waals surface area (Å²) in [7, 11) is -1.96. The fourth-order valence-electron chi connectivity index (χ4n) is 2.63. The first kappa shape index (κ1) is 24.8. The minimum absolute atomic E-state index is 0.0389. The van der Waals surface area contributed by atoms with Crippen LogP contribution < -0.4 is 0 Å². The second-order valence-corrected chi connectivity index (χ2v) is 14.3. The van der Waals surface area contributed by atoms with Gasteiger partial charge in [0.05, 0.1) is 24.8 Å². The number of aliphatic hydroxyl groups excluding tert-OH is 1. The number of amides is 1. The number of halogens is 2. The molecule has 1 unspecified atom stereocenters. The van der Waals surface area contributed by atoms with Gasteiger partial charge in [-0.3, -0.25) is 4.79 Å². The van der Waals surface area contributed by atoms with Crippen LogP contribution in [0.2, 0.25) is 28.4 Å². The zero-order valence-corrected chi connectivity index (χ0v) is 20.7. The molecule has 0 aliphatic carbocycles. The molecule has 164 valence electrons. The van der Waals surface area contributed by atoms with Crippen molar-refractivity contribution in [2.45, 2.75) is 45.0 Å². The summed E-state index contributed by atoms with van der Waals surface area (Å²) in [4.78, 5) is 18.7. The lowest BCUT2D eigenvalue weighted by molar-refractivity contribution is 0.0582. The maximum atomic E-state index is 13.2. The average Bonchev–Trinajstić information content (AvgIpc) is 2.66. The Morgan fingerprint density at radius 2 is 1.80 bits per heavy atom. The van der Waals surface area contributed by atoms with Crippen LogP contribution in [0.3, 0.4) is 0 Å². The predicted octanol–water partition coefficient (Wildman–Crippen LogP) is 5.59. The van der Waals surface area contributed by atoms with Crippen LogP contribution in [-0.4, -0.2) is 48.9 Å². The third-order valence-electron chi connectivity index (χ3n) is 5.54. The van der Waals surface area contributed by atoms with Crippen molar-refractivity contribution < 1.29 is 14.3 Å². The maximum absolute atomic E-state index is 13.2. The van der Waals surface area contributed by atoms with E-state index in [2.05, 4.69) is 38.8 Å². The number of nitrogens with zero attached hydrogens (tertiary/aromatic N) is 2. The van der Waals surface area contributed by atoms with Crippen LogP contribution in [0.15, 0.2) is 42.5 Å². The lowest BCUT2D eigenvalue weighted by Gasteiger charge is -2.37. The molecule has 1 heterocycles. The zero-order chi connectivity index (χ0) is 22.5. The minimum Gasteiger partial charge on any atom is -0.415 e. The SMILES string of the molecule is CC(C)(C)[Si](C)(C)OCCN(CC(O)c1ccccc1)C(=O)c1ccc(Cl)nc1Cl. The van der Waals surface area contributed by atoms with Gasteiger partial charge in [0, 0.05) is 6.54 Å². The lowest BCUT2D eigenvalue weighted by Crippen LogP contribution is -2.44. The van der Waals surface area contributed by atoms with Crippen molar-refractivity contribution in [3.8, 4) is 0 Å². The molecule has 0 saturated heterocycles. The van der Waals surface area contributed by atoms with E-state index in [1.807, 2.05) is 30.3 Å². The first-order valence-electron chi connectivity index (χ1n) is 9.90. The van der Waals surface area contributed by atoms with Crippen LogP contribution in [-0.2, 0) is 4.43 Å². The minimum atomic E-state index is -1.96. The summed E-state index contributed by atoms with van der Waals surface area (Å²) >= 11 is 12.0. The number of aliphatic hydroxyl groups is 1. The topological polar surface area (TPSA) is 62.7 Å². The van der Waals surface area contributed by atoms with Gasteiger partial charge in [-0.15, -0.1) is 0 Å². The number of carbonyl (C=O) groups excluding carboxylic acids is 1. The summed E-state index contributed by atoms with van der Waals surface area (Å²) in [5.41, 5.74) is 0.981. The molecule has 1 atom stereocenters. The fraction of sp³-hybridized carbons (Fsp3) is 0.455. The van der Waals surface area contributed by atoms with Crippen molar-refractivity contribution in [3.63, 3.8) is 0 Å².